The van der Waals surface area contributed by atoms with E-state index in [2.05, 4.69) is 26.6 Å². The summed E-state index contributed by atoms with van der Waals surface area (Å²) in [6, 6.07) is 20.8. The van der Waals surface area contributed by atoms with E-state index >= 15 is 0 Å². The number of rotatable bonds is 6. The van der Waals surface area contributed by atoms with Gasteiger partial charge in [-0.2, -0.15) is 0 Å². The molecule has 0 spiro atoms. The maximum Gasteiger partial charge on any atom is 0.267 e. The van der Waals surface area contributed by atoms with Crippen LogP contribution in [0.25, 0.3) is 0 Å². The van der Waals surface area contributed by atoms with E-state index in [4.69, 9.17) is 16.3 Å². The van der Waals surface area contributed by atoms with E-state index in [1.165, 1.54) is 0 Å². The molecule has 0 heterocycles. The van der Waals surface area contributed by atoms with E-state index in [1.54, 1.807) is 74.5 Å². The molecule has 0 atom stereocenters. The van der Waals surface area contributed by atoms with Gasteiger partial charge in [0.25, 0.3) is 11.8 Å². The first-order valence-corrected chi connectivity index (χ1v) is 10.3. The van der Waals surface area contributed by atoms with Gasteiger partial charge in [0.15, 0.2) is 5.60 Å². The number of hydrogen-bond acceptors (Lipinski definition) is 3. The lowest BCUT2D eigenvalue weighted by Gasteiger charge is -2.25. The first kappa shape index (κ1) is 21.9. The molecule has 0 saturated heterocycles. The standard InChI is InChI=1S/C23H20BrClN2O3/c1-23(2,30-20-12-6-16(24)7-13-20)22(29)27-19-10-8-18(9-11-19)26-21(28)15-4-3-5-17(25)14-15/h3-14H,1-2H3,(H,26,28)(H,27,29). The Balaban J connectivity index is 1.61. The van der Waals surface area contributed by atoms with Crippen molar-refractivity contribution in [1.82, 2.24) is 0 Å². The molecule has 3 aromatic rings. The zero-order valence-electron chi connectivity index (χ0n) is 16.4. The molecule has 0 aliphatic heterocycles. The van der Waals surface area contributed by atoms with Gasteiger partial charge >= 0.3 is 0 Å². The summed E-state index contributed by atoms with van der Waals surface area (Å²) in [6.45, 7) is 3.40. The molecule has 0 fully saturated rings. The van der Waals surface area contributed by atoms with E-state index in [0.717, 1.165) is 4.47 Å². The van der Waals surface area contributed by atoms with E-state index in [0.29, 0.717) is 27.7 Å². The topological polar surface area (TPSA) is 67.4 Å². The number of carbonyl (C=O) groups is 2. The molecule has 0 saturated carbocycles. The maximum atomic E-state index is 12.7. The highest BCUT2D eigenvalue weighted by molar-refractivity contribution is 9.10. The van der Waals surface area contributed by atoms with Crippen LogP contribution in [0, 0.1) is 0 Å². The summed E-state index contributed by atoms with van der Waals surface area (Å²) in [5.41, 5.74) is 0.580. The molecule has 2 N–H and O–H groups in total. The molecule has 30 heavy (non-hydrogen) atoms. The summed E-state index contributed by atoms with van der Waals surface area (Å²) in [5, 5.41) is 6.12. The van der Waals surface area contributed by atoms with Gasteiger partial charge in [0.05, 0.1) is 0 Å². The molecule has 3 aromatic carbocycles. The van der Waals surface area contributed by atoms with Crippen molar-refractivity contribution < 1.29 is 14.3 Å². The Morgan fingerprint density at radius 3 is 2.10 bits per heavy atom. The van der Waals surface area contributed by atoms with Crippen molar-refractivity contribution in [2.24, 2.45) is 0 Å². The molecule has 3 rings (SSSR count). The number of amides is 2. The Bertz CT molecular complexity index is 1050. The lowest BCUT2D eigenvalue weighted by molar-refractivity contribution is -0.128. The van der Waals surface area contributed by atoms with Crippen molar-refractivity contribution in [3.05, 3.63) is 87.9 Å². The third kappa shape index (κ3) is 5.84. The van der Waals surface area contributed by atoms with Crippen LogP contribution >= 0.6 is 27.5 Å². The summed E-state index contributed by atoms with van der Waals surface area (Å²) in [5.74, 6) is 0.0388. The van der Waals surface area contributed by atoms with Crippen LogP contribution in [-0.4, -0.2) is 17.4 Å². The number of ether oxygens (including phenoxy) is 1. The first-order valence-electron chi connectivity index (χ1n) is 9.16. The van der Waals surface area contributed by atoms with E-state index in [-0.39, 0.29) is 11.8 Å². The Kier molecular flexibility index (Phi) is 6.80. The zero-order chi connectivity index (χ0) is 21.7. The van der Waals surface area contributed by atoms with Gasteiger partial charge < -0.3 is 15.4 Å². The highest BCUT2D eigenvalue weighted by Crippen LogP contribution is 2.23. The van der Waals surface area contributed by atoms with Gasteiger partial charge in [-0.15, -0.1) is 0 Å². The quantitative estimate of drug-likeness (QED) is 0.438. The zero-order valence-corrected chi connectivity index (χ0v) is 18.8. The van der Waals surface area contributed by atoms with Gasteiger partial charge in [0.1, 0.15) is 5.75 Å². The molecule has 5 nitrogen and oxygen atoms in total. The average Bonchev–Trinajstić information content (AvgIpc) is 2.71. The molecular formula is C23H20BrClN2O3. The SMILES string of the molecule is CC(C)(Oc1ccc(Br)cc1)C(=O)Nc1ccc(NC(=O)c2cccc(Cl)c2)cc1. The highest BCUT2D eigenvalue weighted by Gasteiger charge is 2.30. The van der Waals surface area contributed by atoms with Crippen molar-refractivity contribution in [1.29, 1.82) is 0 Å². The number of carbonyl (C=O) groups excluding carboxylic acids is 2. The molecule has 0 aliphatic carbocycles. The lowest BCUT2D eigenvalue weighted by Crippen LogP contribution is -2.42. The highest BCUT2D eigenvalue weighted by atomic mass is 79.9. The first-order chi connectivity index (χ1) is 14.2. The van der Waals surface area contributed by atoms with Crippen molar-refractivity contribution in [3.8, 4) is 5.75 Å². The summed E-state index contributed by atoms with van der Waals surface area (Å²) >= 11 is 9.29. The molecule has 2 amide bonds. The Labute approximate surface area is 188 Å². The van der Waals surface area contributed by atoms with Crippen LogP contribution in [-0.2, 0) is 4.79 Å². The van der Waals surface area contributed by atoms with Gasteiger partial charge in [0, 0.05) is 26.4 Å². The van der Waals surface area contributed by atoms with Crippen LogP contribution in [0.1, 0.15) is 24.2 Å². The normalized spacial score (nSPS) is 10.9. The van der Waals surface area contributed by atoms with Gasteiger partial charge in [0.2, 0.25) is 0 Å². The van der Waals surface area contributed by atoms with E-state index in [9.17, 15) is 9.59 Å². The minimum absolute atomic E-state index is 0.265. The fourth-order valence-electron chi connectivity index (χ4n) is 2.60. The molecule has 0 bridgehead atoms. The third-order valence-corrected chi connectivity index (χ3v) is 4.98. The van der Waals surface area contributed by atoms with Crippen LogP contribution in [0.5, 0.6) is 5.75 Å². The van der Waals surface area contributed by atoms with Crippen molar-refractivity contribution in [2.45, 2.75) is 19.4 Å². The number of anilines is 2. The molecule has 0 unspecified atom stereocenters. The monoisotopic (exact) mass is 486 g/mol. The minimum Gasteiger partial charge on any atom is -0.478 e. The number of halogens is 2. The summed E-state index contributed by atoms with van der Waals surface area (Å²) in [6.07, 6.45) is 0. The molecule has 0 aromatic heterocycles. The fraction of sp³-hybridized carbons (Fsp3) is 0.130. The van der Waals surface area contributed by atoms with Crippen LogP contribution in [0.15, 0.2) is 77.3 Å². The van der Waals surface area contributed by atoms with E-state index in [1.807, 2.05) is 12.1 Å². The Hall–Kier alpha value is -2.83. The molecule has 0 radical (unpaired) electrons. The van der Waals surface area contributed by atoms with E-state index < -0.39 is 5.60 Å². The second-order valence-electron chi connectivity index (χ2n) is 7.06. The van der Waals surface area contributed by atoms with Crippen molar-refractivity contribution >= 4 is 50.7 Å². The molecular weight excluding hydrogens is 468 g/mol. The van der Waals surface area contributed by atoms with Crippen molar-refractivity contribution in [3.63, 3.8) is 0 Å². The van der Waals surface area contributed by atoms with Gasteiger partial charge in [-0.3, -0.25) is 9.59 Å². The minimum atomic E-state index is -1.08. The average molecular weight is 488 g/mol. The van der Waals surface area contributed by atoms with Crippen LogP contribution in [0.4, 0.5) is 11.4 Å². The Morgan fingerprint density at radius 1 is 0.900 bits per heavy atom. The number of nitrogens with one attached hydrogen (secondary N) is 2. The number of benzene rings is 3. The maximum absolute atomic E-state index is 12.7. The lowest BCUT2D eigenvalue weighted by atomic mass is 10.1. The molecule has 7 heteroatoms. The second kappa shape index (κ2) is 9.32. The van der Waals surface area contributed by atoms with Gasteiger partial charge in [-0.25, -0.2) is 0 Å². The van der Waals surface area contributed by atoms with Gasteiger partial charge in [-0.05, 0) is 80.6 Å². The molecule has 0 aliphatic rings. The number of hydrogen-bond donors (Lipinski definition) is 2. The second-order valence-corrected chi connectivity index (χ2v) is 8.41. The predicted molar refractivity (Wildman–Crippen MR) is 123 cm³/mol. The third-order valence-electron chi connectivity index (χ3n) is 4.22. The fourth-order valence-corrected chi connectivity index (χ4v) is 3.05. The smallest absolute Gasteiger partial charge is 0.267 e. The van der Waals surface area contributed by atoms with Gasteiger partial charge in [-0.1, -0.05) is 33.6 Å². The van der Waals surface area contributed by atoms with Crippen LogP contribution in [0.3, 0.4) is 0 Å². The largest absolute Gasteiger partial charge is 0.478 e. The van der Waals surface area contributed by atoms with Crippen LogP contribution in [0.2, 0.25) is 5.02 Å². The summed E-state index contributed by atoms with van der Waals surface area (Å²) in [4.78, 5) is 25.0. The summed E-state index contributed by atoms with van der Waals surface area (Å²) in [7, 11) is 0. The summed E-state index contributed by atoms with van der Waals surface area (Å²) < 4.78 is 6.76. The van der Waals surface area contributed by atoms with Crippen molar-refractivity contribution in [2.75, 3.05) is 10.6 Å². The predicted octanol–water partition coefficient (Wildman–Crippen LogP) is 6.15. The Morgan fingerprint density at radius 2 is 1.50 bits per heavy atom. The molecule has 154 valence electrons. The van der Waals surface area contributed by atoms with Crippen LogP contribution < -0.4 is 15.4 Å².